The van der Waals surface area contributed by atoms with Gasteiger partial charge in [-0.25, -0.2) is 9.13 Å². The second kappa shape index (κ2) is 42.4. The molecule has 5 N–H and O–H groups in total. The number of carbonyl (C=O) groups is 2. The van der Waals surface area contributed by atoms with E-state index < -0.39 is 72.3 Å². The Hall–Kier alpha value is -1.96. The van der Waals surface area contributed by atoms with Crippen molar-refractivity contribution in [1.82, 2.24) is 0 Å². The SMILES string of the molecule is CCCCC/C=C\C=C/[C@H](O)C/C=C\C/C=C/CCCC(=O)O[C@H](COC(=O)CCCCCCCCCCCCCCCCCCC(C)C)COP(=O)(O)OC[C@@H](O)COP(=O)(O)O. The Balaban J connectivity index is 4.56. The molecule has 0 radical (unpaired) electrons. The van der Waals surface area contributed by atoms with Crippen LogP contribution >= 0.6 is 15.6 Å². The Labute approximate surface area is 386 Å². The van der Waals surface area contributed by atoms with Crippen LogP contribution in [0.2, 0.25) is 0 Å². The lowest BCUT2D eigenvalue weighted by molar-refractivity contribution is -0.161. The molecule has 0 aliphatic carbocycles. The molecule has 0 aliphatic rings. The quantitative estimate of drug-likeness (QED) is 0.0126. The summed E-state index contributed by atoms with van der Waals surface area (Å²) < 4.78 is 47.8. The van der Waals surface area contributed by atoms with Gasteiger partial charge in [-0.1, -0.05) is 185 Å². The molecule has 4 atom stereocenters. The number of ether oxygens (including phenoxy) is 2. The van der Waals surface area contributed by atoms with Crippen LogP contribution in [0.15, 0.2) is 48.6 Å². The van der Waals surface area contributed by atoms with Gasteiger partial charge in [-0.3, -0.25) is 23.2 Å². The van der Waals surface area contributed by atoms with Crippen molar-refractivity contribution in [2.24, 2.45) is 5.92 Å². The molecule has 0 bridgehead atoms. The topological polar surface area (TPSA) is 216 Å². The van der Waals surface area contributed by atoms with Gasteiger partial charge in [-0.05, 0) is 50.9 Å². The molecule has 16 heteroatoms. The van der Waals surface area contributed by atoms with Crippen molar-refractivity contribution in [2.45, 2.75) is 212 Å². The first kappa shape index (κ1) is 62.0. The summed E-state index contributed by atoms with van der Waals surface area (Å²) in [6.45, 7) is 3.94. The first-order valence-corrected chi connectivity index (χ1v) is 27.3. The average Bonchev–Trinajstić information content (AvgIpc) is 3.24. The van der Waals surface area contributed by atoms with Gasteiger partial charge in [0.05, 0.1) is 25.9 Å². The fraction of sp³-hybridized carbons (Fsp3) is 0.792. The van der Waals surface area contributed by atoms with E-state index in [1.54, 1.807) is 6.08 Å². The van der Waals surface area contributed by atoms with E-state index in [4.69, 9.17) is 23.8 Å². The Morgan fingerprint density at radius 1 is 0.562 bits per heavy atom. The number of hydrogen-bond acceptors (Lipinski definition) is 11. The number of carbonyl (C=O) groups excluding carboxylic acids is 2. The third-order valence-corrected chi connectivity index (χ3v) is 11.7. The van der Waals surface area contributed by atoms with Crippen molar-refractivity contribution in [1.29, 1.82) is 0 Å². The maximum Gasteiger partial charge on any atom is 0.472 e. The summed E-state index contributed by atoms with van der Waals surface area (Å²) in [6.07, 6.45) is 39.9. The van der Waals surface area contributed by atoms with E-state index in [1.165, 1.54) is 103 Å². The molecule has 0 aromatic heterocycles. The maximum absolute atomic E-state index is 12.7. The van der Waals surface area contributed by atoms with Crippen LogP contribution in [0.4, 0.5) is 0 Å². The second-order valence-corrected chi connectivity index (χ2v) is 19.8. The number of hydrogen-bond donors (Lipinski definition) is 5. The van der Waals surface area contributed by atoms with Gasteiger partial charge < -0.3 is 34.4 Å². The average molecular weight is 951 g/mol. The Morgan fingerprint density at radius 3 is 1.69 bits per heavy atom. The predicted molar refractivity (Wildman–Crippen MR) is 254 cm³/mol. The predicted octanol–water partition coefficient (Wildman–Crippen LogP) is 11.8. The van der Waals surface area contributed by atoms with Gasteiger partial charge in [0.1, 0.15) is 12.7 Å². The third kappa shape index (κ3) is 46.6. The minimum atomic E-state index is -4.88. The number of phosphoric acid groups is 2. The molecule has 0 amide bonds. The van der Waals surface area contributed by atoms with Crippen LogP contribution in [0, 0.1) is 5.92 Å². The van der Waals surface area contributed by atoms with Crippen molar-refractivity contribution in [3.05, 3.63) is 48.6 Å². The normalized spacial score (nSPS) is 14.9. The summed E-state index contributed by atoms with van der Waals surface area (Å²) in [7, 11) is -9.72. The monoisotopic (exact) mass is 951 g/mol. The molecule has 0 saturated heterocycles. The fourth-order valence-corrected chi connectivity index (χ4v) is 7.64. The van der Waals surface area contributed by atoms with E-state index >= 15 is 0 Å². The van der Waals surface area contributed by atoms with Crippen molar-refractivity contribution >= 4 is 27.6 Å². The first-order chi connectivity index (χ1) is 30.6. The fourth-order valence-electron chi connectivity index (χ4n) is 6.49. The third-order valence-electron chi connectivity index (χ3n) is 10.2. The van der Waals surface area contributed by atoms with Gasteiger partial charge in [0.15, 0.2) is 6.10 Å². The van der Waals surface area contributed by atoms with E-state index in [0.717, 1.165) is 31.6 Å². The molecule has 0 aliphatic heterocycles. The van der Waals surface area contributed by atoms with Gasteiger partial charge in [0.25, 0.3) is 0 Å². The molecule has 0 aromatic carbocycles. The summed E-state index contributed by atoms with van der Waals surface area (Å²) in [5.41, 5.74) is 0. The molecule has 0 fully saturated rings. The lowest BCUT2D eigenvalue weighted by atomic mass is 10.0. The lowest BCUT2D eigenvalue weighted by Crippen LogP contribution is -2.29. The van der Waals surface area contributed by atoms with Crippen LogP contribution in [-0.2, 0) is 41.8 Å². The van der Waals surface area contributed by atoms with E-state index in [2.05, 4.69) is 35.9 Å². The number of rotatable bonds is 45. The molecular weight excluding hydrogens is 862 g/mol. The summed E-state index contributed by atoms with van der Waals surface area (Å²) in [4.78, 5) is 52.8. The summed E-state index contributed by atoms with van der Waals surface area (Å²) in [6, 6.07) is 0. The summed E-state index contributed by atoms with van der Waals surface area (Å²) >= 11 is 0. The highest BCUT2D eigenvalue weighted by Crippen LogP contribution is 2.43. The van der Waals surface area contributed by atoms with Gasteiger partial charge in [-0.2, -0.15) is 0 Å². The highest BCUT2D eigenvalue weighted by atomic mass is 31.2. The second-order valence-electron chi connectivity index (χ2n) is 17.1. The van der Waals surface area contributed by atoms with Gasteiger partial charge in [0, 0.05) is 12.8 Å². The van der Waals surface area contributed by atoms with Gasteiger partial charge in [0.2, 0.25) is 0 Å². The minimum Gasteiger partial charge on any atom is -0.462 e. The highest BCUT2D eigenvalue weighted by molar-refractivity contribution is 7.47. The van der Waals surface area contributed by atoms with E-state index in [1.807, 2.05) is 36.5 Å². The molecule has 1 unspecified atom stereocenters. The Kier molecular flexibility index (Phi) is 41.1. The number of esters is 2. The maximum atomic E-state index is 12.7. The van der Waals surface area contributed by atoms with Crippen molar-refractivity contribution < 1.29 is 66.7 Å². The zero-order chi connectivity index (χ0) is 47.6. The molecule has 14 nitrogen and oxygen atoms in total. The summed E-state index contributed by atoms with van der Waals surface area (Å²) in [5, 5.41) is 19.9. The molecule has 0 spiro atoms. The molecule has 374 valence electrons. The largest absolute Gasteiger partial charge is 0.472 e. The van der Waals surface area contributed by atoms with Crippen LogP contribution in [-0.4, -0.2) is 81.6 Å². The van der Waals surface area contributed by atoms with Crippen LogP contribution in [0.5, 0.6) is 0 Å². The lowest BCUT2D eigenvalue weighted by Gasteiger charge is -2.20. The zero-order valence-corrected chi connectivity index (χ0v) is 41.4. The number of allylic oxidation sites excluding steroid dienone is 6. The summed E-state index contributed by atoms with van der Waals surface area (Å²) in [5.74, 6) is -0.314. The van der Waals surface area contributed by atoms with E-state index in [9.17, 15) is 33.8 Å². The Morgan fingerprint density at radius 2 is 1.09 bits per heavy atom. The molecular formula is C48H88O14P2. The van der Waals surface area contributed by atoms with E-state index in [-0.39, 0.29) is 12.8 Å². The molecule has 0 aromatic rings. The zero-order valence-electron chi connectivity index (χ0n) is 39.7. The van der Waals surface area contributed by atoms with Crippen LogP contribution in [0.25, 0.3) is 0 Å². The van der Waals surface area contributed by atoms with Crippen LogP contribution in [0.1, 0.15) is 194 Å². The van der Waals surface area contributed by atoms with Crippen LogP contribution in [0.3, 0.4) is 0 Å². The van der Waals surface area contributed by atoms with Crippen molar-refractivity contribution in [3.63, 3.8) is 0 Å². The number of aliphatic hydroxyl groups is 2. The number of phosphoric ester groups is 2. The van der Waals surface area contributed by atoms with Crippen molar-refractivity contribution in [3.8, 4) is 0 Å². The number of unbranched alkanes of at least 4 members (excludes halogenated alkanes) is 19. The molecule has 0 saturated carbocycles. The minimum absolute atomic E-state index is 0.0219. The number of aliphatic hydroxyl groups excluding tert-OH is 2. The van der Waals surface area contributed by atoms with E-state index in [0.29, 0.717) is 32.1 Å². The van der Waals surface area contributed by atoms with Crippen LogP contribution < -0.4 is 0 Å². The molecule has 0 heterocycles. The van der Waals surface area contributed by atoms with Gasteiger partial charge in [-0.15, -0.1) is 0 Å². The smallest absolute Gasteiger partial charge is 0.462 e. The molecule has 0 rings (SSSR count). The van der Waals surface area contributed by atoms with Crippen molar-refractivity contribution in [2.75, 3.05) is 26.4 Å². The molecule has 64 heavy (non-hydrogen) atoms. The Bertz CT molecular complexity index is 1350. The highest BCUT2D eigenvalue weighted by Gasteiger charge is 2.28. The standard InChI is InChI=1S/C48H88O14P2/c1-4-5-6-7-19-25-30-35-44(49)36-31-26-21-18-23-28-33-38-48(52)62-46(42-61-64(56,57)60-40-45(50)39-59-63(53,54)55)41-58-47(51)37-32-27-22-17-15-13-11-9-8-10-12-14-16-20-24-29-34-43(2)3/h18-19,23,25-26,30-31,35,43-46,49-50H,4-17,20-22,24,27-29,32-34,36-42H2,1-3H3,(H,56,57)(H2,53,54,55)/b23-18+,25-19-,31-26-,35-30-/t44-,45-,46+/m0/s1. The first-order valence-electron chi connectivity index (χ1n) is 24.3. The van der Waals surface area contributed by atoms with Gasteiger partial charge >= 0.3 is 27.6 Å².